The lowest BCUT2D eigenvalue weighted by atomic mass is 10.1. The number of allylic oxidation sites excluding steroid dienone is 26. The van der Waals surface area contributed by atoms with Crippen molar-refractivity contribution in [2.45, 2.75) is 297 Å². The zero-order valence-corrected chi connectivity index (χ0v) is 53.7. The highest BCUT2D eigenvalue weighted by Gasteiger charge is 2.19. The Morgan fingerprint density at radius 2 is 0.494 bits per heavy atom. The van der Waals surface area contributed by atoms with Crippen LogP contribution in [0.5, 0.6) is 0 Å². The van der Waals surface area contributed by atoms with Crippen LogP contribution in [0.1, 0.15) is 290 Å². The molecule has 0 aliphatic heterocycles. The fraction of sp³-hybridized carbons (Fsp3) is 0.623. The summed E-state index contributed by atoms with van der Waals surface area (Å²) in [5.74, 6) is -0.965. The molecule has 0 saturated carbocycles. The van der Waals surface area contributed by atoms with Crippen molar-refractivity contribution in [3.8, 4) is 0 Å². The molecule has 0 fully saturated rings. The third-order valence-electron chi connectivity index (χ3n) is 14.0. The van der Waals surface area contributed by atoms with Crippen LogP contribution in [0.2, 0.25) is 0 Å². The molecule has 1 atom stereocenters. The predicted octanol–water partition coefficient (Wildman–Crippen LogP) is 23.7. The Kier molecular flexibility index (Phi) is 65.4. The average molecular weight is 1150 g/mol. The number of ether oxygens (including phenoxy) is 3. The molecule has 0 rings (SSSR count). The second-order valence-corrected chi connectivity index (χ2v) is 22.0. The van der Waals surface area contributed by atoms with Gasteiger partial charge >= 0.3 is 17.9 Å². The van der Waals surface area contributed by atoms with Crippen molar-refractivity contribution in [1.29, 1.82) is 0 Å². The smallest absolute Gasteiger partial charge is 0.306 e. The summed E-state index contributed by atoms with van der Waals surface area (Å²) in [6.07, 6.45) is 101. The largest absolute Gasteiger partial charge is 0.462 e. The molecule has 6 heteroatoms. The molecular weight excluding hydrogens is 1020 g/mol. The molecular formula is C77H124O6. The summed E-state index contributed by atoms with van der Waals surface area (Å²) in [6, 6.07) is 0. The quantitative estimate of drug-likeness (QED) is 0.0261. The molecule has 0 aliphatic rings. The first-order valence-corrected chi connectivity index (χ1v) is 34.0. The highest BCUT2D eigenvalue weighted by molar-refractivity contribution is 5.71. The molecule has 0 radical (unpaired) electrons. The van der Waals surface area contributed by atoms with E-state index in [9.17, 15) is 14.4 Å². The van der Waals surface area contributed by atoms with E-state index in [1.165, 1.54) is 96.3 Å². The fourth-order valence-electron chi connectivity index (χ4n) is 8.91. The summed E-state index contributed by atoms with van der Waals surface area (Å²) in [7, 11) is 0. The van der Waals surface area contributed by atoms with Crippen LogP contribution in [0.3, 0.4) is 0 Å². The maximum absolute atomic E-state index is 12.9. The summed E-state index contributed by atoms with van der Waals surface area (Å²) in [5, 5.41) is 0. The van der Waals surface area contributed by atoms with Crippen LogP contribution in [-0.2, 0) is 28.6 Å². The van der Waals surface area contributed by atoms with Crippen LogP contribution in [0, 0.1) is 0 Å². The van der Waals surface area contributed by atoms with E-state index in [4.69, 9.17) is 14.2 Å². The van der Waals surface area contributed by atoms with Crippen molar-refractivity contribution >= 4 is 17.9 Å². The topological polar surface area (TPSA) is 78.9 Å². The maximum Gasteiger partial charge on any atom is 0.306 e. The molecule has 0 N–H and O–H groups in total. The van der Waals surface area contributed by atoms with Gasteiger partial charge in [0.05, 0.1) is 0 Å². The summed E-state index contributed by atoms with van der Waals surface area (Å²) in [4.78, 5) is 38.3. The van der Waals surface area contributed by atoms with Crippen molar-refractivity contribution in [3.05, 3.63) is 158 Å². The molecule has 0 aromatic rings. The zero-order valence-electron chi connectivity index (χ0n) is 53.7. The van der Waals surface area contributed by atoms with Crippen LogP contribution < -0.4 is 0 Å². The molecule has 0 amide bonds. The van der Waals surface area contributed by atoms with E-state index < -0.39 is 6.10 Å². The van der Waals surface area contributed by atoms with Gasteiger partial charge in [0, 0.05) is 19.3 Å². The molecule has 1 unspecified atom stereocenters. The van der Waals surface area contributed by atoms with Gasteiger partial charge in [0.1, 0.15) is 13.2 Å². The van der Waals surface area contributed by atoms with E-state index in [-0.39, 0.29) is 31.1 Å². The Labute approximate surface area is 511 Å². The van der Waals surface area contributed by atoms with Crippen molar-refractivity contribution < 1.29 is 28.6 Å². The third-order valence-corrected chi connectivity index (χ3v) is 14.0. The SMILES string of the molecule is CC/C=C\C/C=C\C/C=C\C/C=C\C/C=C\C/C=C\C/C=C\C/C=C\C/C=C\C/C=C\CCCCC(=O)OCC(COC(=O)CCCCCCC/C=C\C/C=C\CCC)OC(=O)CCCCCCCCCCC/C=C\CCCCCCCC. The molecule has 83 heavy (non-hydrogen) atoms. The number of carbonyl (C=O) groups is 3. The summed E-state index contributed by atoms with van der Waals surface area (Å²) in [6.45, 7) is 6.41. The second-order valence-electron chi connectivity index (χ2n) is 22.0. The van der Waals surface area contributed by atoms with Crippen LogP contribution in [0.4, 0.5) is 0 Å². The molecule has 0 aliphatic carbocycles. The monoisotopic (exact) mass is 1140 g/mol. The number of esters is 3. The normalized spacial score (nSPS) is 13.1. The van der Waals surface area contributed by atoms with E-state index in [0.717, 1.165) is 148 Å². The fourth-order valence-corrected chi connectivity index (χ4v) is 8.91. The Morgan fingerprint density at radius 3 is 0.819 bits per heavy atom. The van der Waals surface area contributed by atoms with E-state index in [0.29, 0.717) is 25.7 Å². The first kappa shape index (κ1) is 78.0. The Bertz CT molecular complexity index is 1840. The molecule has 0 aromatic carbocycles. The van der Waals surface area contributed by atoms with E-state index in [1.54, 1.807) is 0 Å². The highest BCUT2D eigenvalue weighted by atomic mass is 16.6. The minimum atomic E-state index is -0.811. The summed E-state index contributed by atoms with van der Waals surface area (Å²) in [5.41, 5.74) is 0. The molecule has 6 nitrogen and oxygen atoms in total. The van der Waals surface area contributed by atoms with Crippen LogP contribution in [0.25, 0.3) is 0 Å². The molecule has 0 aromatic heterocycles. The summed E-state index contributed by atoms with van der Waals surface area (Å²) < 4.78 is 16.9. The van der Waals surface area contributed by atoms with E-state index >= 15 is 0 Å². The first-order chi connectivity index (χ1) is 41.0. The maximum atomic E-state index is 12.9. The van der Waals surface area contributed by atoms with Crippen molar-refractivity contribution in [2.24, 2.45) is 0 Å². The second kappa shape index (κ2) is 69.5. The van der Waals surface area contributed by atoms with Gasteiger partial charge in [-0.15, -0.1) is 0 Å². The predicted molar refractivity (Wildman–Crippen MR) is 362 cm³/mol. The Morgan fingerprint density at radius 1 is 0.253 bits per heavy atom. The van der Waals surface area contributed by atoms with Gasteiger partial charge in [0.15, 0.2) is 6.10 Å². The minimum absolute atomic E-state index is 0.105. The number of hydrogen-bond donors (Lipinski definition) is 0. The van der Waals surface area contributed by atoms with Gasteiger partial charge in [0.25, 0.3) is 0 Å². The van der Waals surface area contributed by atoms with Gasteiger partial charge in [-0.25, -0.2) is 0 Å². The van der Waals surface area contributed by atoms with Crippen LogP contribution in [-0.4, -0.2) is 37.2 Å². The lowest BCUT2D eigenvalue weighted by Gasteiger charge is -2.18. The zero-order chi connectivity index (χ0) is 59.9. The van der Waals surface area contributed by atoms with Gasteiger partial charge < -0.3 is 14.2 Å². The van der Waals surface area contributed by atoms with Crippen molar-refractivity contribution in [2.75, 3.05) is 13.2 Å². The molecule has 0 bridgehead atoms. The lowest BCUT2D eigenvalue weighted by Crippen LogP contribution is -2.30. The number of carbonyl (C=O) groups excluding carboxylic acids is 3. The Hall–Kier alpha value is -4.97. The molecule has 0 saturated heterocycles. The first-order valence-electron chi connectivity index (χ1n) is 34.0. The van der Waals surface area contributed by atoms with Crippen LogP contribution >= 0.6 is 0 Å². The van der Waals surface area contributed by atoms with Gasteiger partial charge in [0.2, 0.25) is 0 Å². The third kappa shape index (κ3) is 67.7. The van der Waals surface area contributed by atoms with Gasteiger partial charge in [-0.1, -0.05) is 281 Å². The molecule has 0 spiro atoms. The molecule has 0 heterocycles. The lowest BCUT2D eigenvalue weighted by molar-refractivity contribution is -0.167. The highest BCUT2D eigenvalue weighted by Crippen LogP contribution is 2.15. The van der Waals surface area contributed by atoms with Gasteiger partial charge in [-0.2, -0.15) is 0 Å². The van der Waals surface area contributed by atoms with Crippen molar-refractivity contribution in [3.63, 3.8) is 0 Å². The van der Waals surface area contributed by atoms with E-state index in [1.807, 2.05) is 0 Å². The minimum Gasteiger partial charge on any atom is -0.462 e. The number of rotatable bonds is 60. The summed E-state index contributed by atoms with van der Waals surface area (Å²) >= 11 is 0. The number of unbranched alkanes of at least 4 members (excludes halogenated alkanes) is 23. The number of hydrogen-bond acceptors (Lipinski definition) is 6. The molecule has 468 valence electrons. The van der Waals surface area contributed by atoms with Gasteiger partial charge in [-0.3, -0.25) is 14.4 Å². The van der Waals surface area contributed by atoms with Crippen molar-refractivity contribution in [1.82, 2.24) is 0 Å². The Balaban J connectivity index is 4.41. The van der Waals surface area contributed by atoms with Gasteiger partial charge in [-0.05, 0) is 148 Å². The van der Waals surface area contributed by atoms with E-state index in [2.05, 4.69) is 179 Å². The van der Waals surface area contributed by atoms with Crippen LogP contribution in [0.15, 0.2) is 158 Å². The average Bonchev–Trinajstić information content (AvgIpc) is 3.49. The standard InChI is InChI=1S/C77H124O6/c1-4-7-10-13-16-19-22-25-27-29-31-32-33-34-35-36-37-38-39-40-41-42-43-44-46-47-49-52-55-58-61-64-67-70-76(79)82-73-74(72-81-75(78)69-66-63-60-57-54-51-24-21-18-15-12-9-6-3)83-77(80)71-68-65-62-59-56-53-50-48-45-30-28-26-23-20-17-14-11-8-5-2/h7,10,12,15-16,19,21,24-28,31-32,34-35,37-38,40-41,43-44,47,49,55,58,74H,4-6,8-9,11,13-14,17-18,20,22-23,29-30,33,36,39,42,45-46,48,50-54,56-57,59-73H2,1-3H3/b10-7-,15-12-,19-16-,24-21-,27-25-,28-26-,32-31-,35-34-,38-37-,41-40-,44-43-,49-47-,58-55-.